The molecular formula is C17H20FN3O2S. The molecule has 0 atom stereocenters. The molecule has 2 heterocycles. The number of hydrogen-bond acceptors (Lipinski definition) is 5. The highest BCUT2D eigenvalue weighted by Crippen LogP contribution is 2.21. The van der Waals surface area contributed by atoms with Crippen molar-refractivity contribution in [1.29, 1.82) is 0 Å². The Morgan fingerprint density at radius 1 is 1.38 bits per heavy atom. The molecule has 3 rings (SSSR count). The van der Waals surface area contributed by atoms with Crippen LogP contribution in [-0.4, -0.2) is 30.0 Å². The van der Waals surface area contributed by atoms with Crippen LogP contribution in [0.15, 0.2) is 24.3 Å². The smallest absolute Gasteiger partial charge is 0.263 e. The fourth-order valence-corrected chi connectivity index (χ4v) is 3.50. The highest BCUT2D eigenvalue weighted by atomic mass is 32.1. The Morgan fingerprint density at radius 2 is 2.08 bits per heavy atom. The van der Waals surface area contributed by atoms with Gasteiger partial charge in [-0.2, -0.15) is 0 Å². The SMILES string of the molecule is Cc1nc(COc2ccc(F)cc2)sc1C(=O)NC1CCNCC1. The topological polar surface area (TPSA) is 63.2 Å². The van der Waals surface area contributed by atoms with Crippen LogP contribution in [0.3, 0.4) is 0 Å². The lowest BCUT2D eigenvalue weighted by atomic mass is 10.1. The molecule has 1 aliphatic heterocycles. The van der Waals surface area contributed by atoms with Gasteiger partial charge in [-0.25, -0.2) is 9.37 Å². The number of nitrogens with one attached hydrogen (secondary N) is 2. The first-order valence-corrected chi connectivity index (χ1v) is 8.80. The predicted molar refractivity (Wildman–Crippen MR) is 90.9 cm³/mol. The molecule has 2 N–H and O–H groups in total. The minimum Gasteiger partial charge on any atom is -0.486 e. The van der Waals surface area contributed by atoms with Crippen molar-refractivity contribution in [3.8, 4) is 5.75 Å². The van der Waals surface area contributed by atoms with Gasteiger partial charge in [-0.15, -0.1) is 11.3 Å². The van der Waals surface area contributed by atoms with E-state index in [0.29, 0.717) is 16.3 Å². The molecule has 0 saturated carbocycles. The summed E-state index contributed by atoms with van der Waals surface area (Å²) in [7, 11) is 0. The van der Waals surface area contributed by atoms with E-state index in [1.807, 2.05) is 6.92 Å². The van der Waals surface area contributed by atoms with Crippen molar-refractivity contribution >= 4 is 17.2 Å². The van der Waals surface area contributed by atoms with Gasteiger partial charge in [0.25, 0.3) is 5.91 Å². The molecule has 7 heteroatoms. The number of thiazole rings is 1. The Hall–Kier alpha value is -1.99. The van der Waals surface area contributed by atoms with E-state index in [2.05, 4.69) is 15.6 Å². The van der Waals surface area contributed by atoms with Crippen molar-refractivity contribution in [2.24, 2.45) is 0 Å². The lowest BCUT2D eigenvalue weighted by molar-refractivity contribution is 0.0933. The predicted octanol–water partition coefficient (Wildman–Crippen LogP) is 2.65. The molecule has 128 valence electrons. The number of aromatic nitrogens is 1. The van der Waals surface area contributed by atoms with E-state index in [1.165, 1.54) is 23.5 Å². The lowest BCUT2D eigenvalue weighted by Crippen LogP contribution is -2.42. The van der Waals surface area contributed by atoms with Crippen molar-refractivity contribution in [3.05, 3.63) is 45.7 Å². The number of ether oxygens (including phenoxy) is 1. The van der Waals surface area contributed by atoms with Crippen molar-refractivity contribution in [2.75, 3.05) is 13.1 Å². The maximum Gasteiger partial charge on any atom is 0.263 e. The van der Waals surface area contributed by atoms with E-state index in [0.717, 1.165) is 30.9 Å². The molecule has 0 unspecified atom stereocenters. The third kappa shape index (κ3) is 4.30. The average Bonchev–Trinajstić information content (AvgIpc) is 2.96. The van der Waals surface area contributed by atoms with Gasteiger partial charge in [0.15, 0.2) is 0 Å². The number of piperidine rings is 1. The maximum absolute atomic E-state index is 12.9. The van der Waals surface area contributed by atoms with Crippen molar-refractivity contribution in [1.82, 2.24) is 15.6 Å². The Morgan fingerprint density at radius 3 is 2.79 bits per heavy atom. The molecule has 1 aliphatic rings. The minimum atomic E-state index is -0.302. The summed E-state index contributed by atoms with van der Waals surface area (Å²) in [5.74, 6) is 0.208. The summed E-state index contributed by atoms with van der Waals surface area (Å²) in [6.07, 6.45) is 1.90. The number of nitrogens with zero attached hydrogens (tertiary/aromatic N) is 1. The van der Waals surface area contributed by atoms with Crippen molar-refractivity contribution in [3.63, 3.8) is 0 Å². The summed E-state index contributed by atoms with van der Waals surface area (Å²) in [5.41, 5.74) is 0.712. The standard InChI is InChI=1S/C17H20FN3O2S/c1-11-16(17(22)21-13-6-8-19-9-7-13)24-15(20-11)10-23-14-4-2-12(18)3-5-14/h2-5,13,19H,6-10H2,1H3,(H,21,22). The van der Waals surface area contributed by atoms with Gasteiger partial charge in [0.05, 0.1) is 5.69 Å². The fourth-order valence-electron chi connectivity index (χ4n) is 2.62. The number of carbonyl (C=O) groups is 1. The van der Waals surface area contributed by atoms with Crippen molar-refractivity contribution in [2.45, 2.75) is 32.4 Å². The normalized spacial score (nSPS) is 15.2. The summed E-state index contributed by atoms with van der Waals surface area (Å²) in [5, 5.41) is 7.09. The third-order valence-corrected chi connectivity index (χ3v) is 5.03. The molecule has 24 heavy (non-hydrogen) atoms. The number of halogens is 1. The van der Waals surface area contributed by atoms with Crippen LogP contribution in [0, 0.1) is 12.7 Å². The zero-order valence-corrected chi connectivity index (χ0v) is 14.3. The van der Waals surface area contributed by atoms with Crippen LogP contribution in [-0.2, 0) is 6.61 Å². The number of aryl methyl sites for hydroxylation is 1. The molecule has 1 aromatic carbocycles. The summed E-state index contributed by atoms with van der Waals surface area (Å²) in [6, 6.07) is 6.06. The molecule has 0 aliphatic carbocycles. The van der Waals surface area contributed by atoms with E-state index in [4.69, 9.17) is 4.74 Å². The van der Waals surface area contributed by atoms with Crippen LogP contribution in [0.1, 0.15) is 33.2 Å². The van der Waals surface area contributed by atoms with Gasteiger partial charge in [-0.1, -0.05) is 0 Å². The molecule has 5 nitrogen and oxygen atoms in total. The Balaban J connectivity index is 1.59. The largest absolute Gasteiger partial charge is 0.486 e. The fraction of sp³-hybridized carbons (Fsp3) is 0.412. The van der Waals surface area contributed by atoms with Gasteiger partial charge in [0.1, 0.15) is 28.1 Å². The van der Waals surface area contributed by atoms with Crippen LogP contribution in [0.4, 0.5) is 4.39 Å². The average molecular weight is 349 g/mol. The maximum atomic E-state index is 12.9. The summed E-state index contributed by atoms with van der Waals surface area (Å²) in [4.78, 5) is 17.4. The van der Waals surface area contributed by atoms with Gasteiger partial charge in [0.2, 0.25) is 0 Å². The molecule has 1 aromatic heterocycles. The second-order valence-corrected chi connectivity index (χ2v) is 6.85. The first kappa shape index (κ1) is 16.9. The Labute approximate surface area is 144 Å². The van der Waals surface area contributed by atoms with E-state index < -0.39 is 0 Å². The van der Waals surface area contributed by atoms with E-state index in [1.54, 1.807) is 12.1 Å². The summed E-state index contributed by atoms with van der Waals surface area (Å²) >= 11 is 1.34. The number of rotatable bonds is 5. The van der Waals surface area contributed by atoms with Crippen LogP contribution >= 0.6 is 11.3 Å². The van der Waals surface area contributed by atoms with Gasteiger partial charge >= 0.3 is 0 Å². The summed E-state index contributed by atoms with van der Waals surface area (Å²) < 4.78 is 18.5. The molecule has 0 spiro atoms. The quantitative estimate of drug-likeness (QED) is 0.871. The number of carbonyl (C=O) groups excluding carboxylic acids is 1. The number of hydrogen-bond donors (Lipinski definition) is 2. The first-order chi connectivity index (χ1) is 11.6. The Bertz CT molecular complexity index is 696. The zero-order valence-electron chi connectivity index (χ0n) is 13.5. The number of amides is 1. The van der Waals surface area contributed by atoms with Gasteiger partial charge in [0, 0.05) is 6.04 Å². The first-order valence-electron chi connectivity index (χ1n) is 7.98. The number of benzene rings is 1. The third-order valence-electron chi connectivity index (χ3n) is 3.90. The second kappa shape index (κ2) is 7.72. The van der Waals surface area contributed by atoms with Crippen LogP contribution in [0.25, 0.3) is 0 Å². The lowest BCUT2D eigenvalue weighted by Gasteiger charge is -2.23. The molecular weight excluding hydrogens is 329 g/mol. The molecule has 0 bridgehead atoms. The molecule has 1 fully saturated rings. The highest BCUT2D eigenvalue weighted by Gasteiger charge is 2.20. The second-order valence-electron chi connectivity index (χ2n) is 5.76. The summed E-state index contributed by atoms with van der Waals surface area (Å²) in [6.45, 7) is 3.96. The van der Waals surface area contributed by atoms with Crippen LogP contribution < -0.4 is 15.4 Å². The van der Waals surface area contributed by atoms with E-state index in [-0.39, 0.29) is 24.4 Å². The highest BCUT2D eigenvalue weighted by molar-refractivity contribution is 7.13. The molecule has 1 saturated heterocycles. The van der Waals surface area contributed by atoms with Crippen LogP contribution in [0.5, 0.6) is 5.75 Å². The van der Waals surface area contributed by atoms with Crippen molar-refractivity contribution < 1.29 is 13.9 Å². The van der Waals surface area contributed by atoms with Gasteiger partial charge in [-0.05, 0) is 57.1 Å². The van der Waals surface area contributed by atoms with E-state index in [9.17, 15) is 9.18 Å². The van der Waals surface area contributed by atoms with Gasteiger partial charge < -0.3 is 15.4 Å². The molecule has 2 aromatic rings. The Kier molecular flexibility index (Phi) is 5.42. The van der Waals surface area contributed by atoms with Crippen LogP contribution in [0.2, 0.25) is 0 Å². The molecule has 1 amide bonds. The zero-order chi connectivity index (χ0) is 16.9. The monoisotopic (exact) mass is 349 g/mol. The van der Waals surface area contributed by atoms with Gasteiger partial charge in [-0.3, -0.25) is 4.79 Å². The minimum absolute atomic E-state index is 0.0649. The molecule has 0 radical (unpaired) electrons. The van der Waals surface area contributed by atoms with E-state index >= 15 is 0 Å².